The third kappa shape index (κ3) is 8.64. The number of aryl methyl sites for hydroxylation is 4. The van der Waals surface area contributed by atoms with Crippen LogP contribution in [0.4, 0.5) is 0 Å². The first-order chi connectivity index (χ1) is 15.7. The number of benzene rings is 2. The molecule has 0 atom stereocenters. The Balaban J connectivity index is 1.67. The predicted molar refractivity (Wildman–Crippen MR) is 136 cm³/mol. The van der Waals surface area contributed by atoms with Crippen LogP contribution in [0.25, 0.3) is 0 Å². The highest BCUT2D eigenvalue weighted by Crippen LogP contribution is 2.12. The smallest absolute Gasteiger partial charge is 0.240 e. The van der Waals surface area contributed by atoms with E-state index >= 15 is 0 Å². The average Bonchev–Trinajstić information content (AvgIpc) is 2.75. The van der Waals surface area contributed by atoms with Gasteiger partial charge < -0.3 is 0 Å². The van der Waals surface area contributed by atoms with Crippen molar-refractivity contribution in [3.05, 3.63) is 69.8 Å². The van der Waals surface area contributed by atoms with E-state index in [4.69, 9.17) is 0 Å². The van der Waals surface area contributed by atoms with E-state index in [2.05, 4.69) is 47.0 Å². The average molecular weight is 449 g/mol. The molecule has 33 heavy (non-hydrogen) atoms. The first-order valence-corrected chi connectivity index (χ1v) is 11.5. The lowest BCUT2D eigenvalue weighted by Gasteiger charge is -2.07. The molecule has 0 heterocycles. The summed E-state index contributed by atoms with van der Waals surface area (Å²) in [7, 11) is 0. The molecule has 2 aromatic carbocycles. The minimum absolute atomic E-state index is 0.114. The van der Waals surface area contributed by atoms with Crippen LogP contribution >= 0.6 is 0 Å². The SMILES string of the molecule is C/C(=N\NC(=O)CCCCCC(=O)N/N=C(\C)c1ccc(C)cc1C)c1ccc(C)cc1C. The Morgan fingerprint density at radius 3 is 1.42 bits per heavy atom. The maximum Gasteiger partial charge on any atom is 0.240 e. The number of hydrogen-bond acceptors (Lipinski definition) is 4. The number of hydrazone groups is 2. The second kappa shape index (κ2) is 12.7. The fourth-order valence-electron chi connectivity index (χ4n) is 3.71. The van der Waals surface area contributed by atoms with Crippen molar-refractivity contribution in [2.24, 2.45) is 10.2 Å². The van der Waals surface area contributed by atoms with E-state index in [-0.39, 0.29) is 11.8 Å². The predicted octanol–water partition coefficient (Wildman–Crippen LogP) is 5.25. The fourth-order valence-corrected chi connectivity index (χ4v) is 3.71. The zero-order chi connectivity index (χ0) is 24.4. The minimum atomic E-state index is -0.114. The fraction of sp³-hybridized carbons (Fsp3) is 0.407. The molecule has 0 aliphatic heterocycles. The standard InChI is InChI=1S/C27H36N4O2/c1-18-12-14-24(20(3)16-18)22(5)28-30-26(32)10-8-7-9-11-27(33)31-29-23(6)25-15-13-19(2)17-21(25)4/h12-17H,7-11H2,1-6H3,(H,30,32)(H,31,33)/b28-22+,29-23+. The number of rotatable bonds is 10. The van der Waals surface area contributed by atoms with E-state index in [0.29, 0.717) is 25.7 Å². The summed E-state index contributed by atoms with van der Waals surface area (Å²) < 4.78 is 0. The van der Waals surface area contributed by atoms with E-state index in [0.717, 1.165) is 40.1 Å². The van der Waals surface area contributed by atoms with Crippen LogP contribution in [0.1, 0.15) is 79.3 Å². The highest BCUT2D eigenvalue weighted by atomic mass is 16.2. The topological polar surface area (TPSA) is 82.9 Å². The number of hydrogen-bond donors (Lipinski definition) is 2. The Hall–Kier alpha value is -3.28. The summed E-state index contributed by atoms with van der Waals surface area (Å²) in [5.41, 5.74) is 13.6. The maximum absolute atomic E-state index is 12.1. The molecule has 0 saturated heterocycles. The molecule has 0 spiro atoms. The quantitative estimate of drug-likeness (QED) is 0.296. The largest absolute Gasteiger partial charge is 0.273 e. The normalized spacial score (nSPS) is 11.9. The number of carbonyl (C=O) groups excluding carboxylic acids is 2. The monoisotopic (exact) mass is 448 g/mol. The molecule has 0 aliphatic carbocycles. The Morgan fingerprint density at radius 1 is 0.667 bits per heavy atom. The van der Waals surface area contributed by atoms with Gasteiger partial charge in [-0.2, -0.15) is 10.2 Å². The second-order valence-corrected chi connectivity index (χ2v) is 8.66. The van der Waals surface area contributed by atoms with Gasteiger partial charge in [-0.25, -0.2) is 10.9 Å². The van der Waals surface area contributed by atoms with Gasteiger partial charge >= 0.3 is 0 Å². The molecule has 0 radical (unpaired) electrons. The van der Waals surface area contributed by atoms with Crippen molar-refractivity contribution in [3.63, 3.8) is 0 Å². The van der Waals surface area contributed by atoms with Crippen LogP contribution in [0, 0.1) is 27.7 Å². The van der Waals surface area contributed by atoms with Crippen molar-refractivity contribution in [3.8, 4) is 0 Å². The highest BCUT2D eigenvalue weighted by Gasteiger charge is 2.06. The first-order valence-electron chi connectivity index (χ1n) is 11.5. The molecule has 0 bridgehead atoms. The Kier molecular flexibility index (Phi) is 9.98. The summed E-state index contributed by atoms with van der Waals surface area (Å²) in [6.07, 6.45) is 2.98. The van der Waals surface area contributed by atoms with Gasteiger partial charge in [0.25, 0.3) is 0 Å². The lowest BCUT2D eigenvalue weighted by Crippen LogP contribution is -2.20. The van der Waals surface area contributed by atoms with Crippen molar-refractivity contribution >= 4 is 23.2 Å². The van der Waals surface area contributed by atoms with Crippen molar-refractivity contribution < 1.29 is 9.59 Å². The third-order valence-electron chi connectivity index (χ3n) is 5.55. The zero-order valence-corrected chi connectivity index (χ0v) is 20.7. The molecule has 0 fully saturated rings. The molecule has 176 valence electrons. The van der Waals surface area contributed by atoms with Gasteiger partial charge in [-0.05, 0) is 65.5 Å². The Bertz CT molecular complexity index is 971. The van der Waals surface area contributed by atoms with E-state index in [1.165, 1.54) is 11.1 Å². The molecule has 6 nitrogen and oxygen atoms in total. The molecule has 2 rings (SSSR count). The molecule has 2 aromatic rings. The molecule has 2 N–H and O–H groups in total. The summed E-state index contributed by atoms with van der Waals surface area (Å²) in [5.74, 6) is -0.227. The lowest BCUT2D eigenvalue weighted by molar-refractivity contribution is -0.121. The number of nitrogens with zero attached hydrogens (tertiary/aromatic N) is 2. The van der Waals surface area contributed by atoms with Crippen LogP contribution < -0.4 is 10.9 Å². The molecule has 0 saturated carbocycles. The van der Waals surface area contributed by atoms with Gasteiger partial charge in [0, 0.05) is 24.0 Å². The van der Waals surface area contributed by atoms with Crippen LogP contribution in [-0.2, 0) is 9.59 Å². The van der Waals surface area contributed by atoms with Crippen LogP contribution in [0.5, 0.6) is 0 Å². The molecular weight excluding hydrogens is 412 g/mol. The van der Waals surface area contributed by atoms with Gasteiger partial charge in [-0.3, -0.25) is 9.59 Å². The van der Waals surface area contributed by atoms with Crippen molar-refractivity contribution in [1.29, 1.82) is 0 Å². The Morgan fingerprint density at radius 2 is 1.06 bits per heavy atom. The highest BCUT2D eigenvalue weighted by molar-refractivity contribution is 6.01. The van der Waals surface area contributed by atoms with Gasteiger partial charge in [-0.1, -0.05) is 53.9 Å². The van der Waals surface area contributed by atoms with Gasteiger partial charge in [0.05, 0.1) is 11.4 Å². The van der Waals surface area contributed by atoms with Crippen molar-refractivity contribution in [1.82, 2.24) is 10.9 Å². The molecule has 0 aliphatic rings. The van der Waals surface area contributed by atoms with E-state index in [1.54, 1.807) is 0 Å². The minimum Gasteiger partial charge on any atom is -0.273 e. The number of nitrogens with one attached hydrogen (secondary N) is 2. The van der Waals surface area contributed by atoms with Crippen LogP contribution in [-0.4, -0.2) is 23.2 Å². The maximum atomic E-state index is 12.1. The van der Waals surface area contributed by atoms with Gasteiger partial charge in [0.1, 0.15) is 0 Å². The first kappa shape index (κ1) is 26.0. The summed E-state index contributed by atoms with van der Waals surface area (Å²) in [6.45, 7) is 12.0. The molecule has 2 amide bonds. The van der Waals surface area contributed by atoms with E-state index in [1.807, 2.05) is 52.0 Å². The van der Waals surface area contributed by atoms with Crippen LogP contribution in [0.2, 0.25) is 0 Å². The van der Waals surface area contributed by atoms with Crippen LogP contribution in [0.15, 0.2) is 46.6 Å². The summed E-state index contributed by atoms with van der Waals surface area (Å²) >= 11 is 0. The number of unbranched alkanes of at least 4 members (excludes halogenated alkanes) is 2. The second-order valence-electron chi connectivity index (χ2n) is 8.66. The third-order valence-corrected chi connectivity index (χ3v) is 5.55. The van der Waals surface area contributed by atoms with Crippen molar-refractivity contribution in [2.75, 3.05) is 0 Å². The molecule has 0 aromatic heterocycles. The number of amides is 2. The van der Waals surface area contributed by atoms with Gasteiger partial charge in [0.15, 0.2) is 0 Å². The van der Waals surface area contributed by atoms with Gasteiger partial charge in [-0.15, -0.1) is 0 Å². The molecular formula is C27H36N4O2. The summed E-state index contributed by atoms with van der Waals surface area (Å²) in [5, 5.41) is 8.45. The number of carbonyl (C=O) groups is 2. The van der Waals surface area contributed by atoms with Crippen LogP contribution in [0.3, 0.4) is 0 Å². The van der Waals surface area contributed by atoms with E-state index < -0.39 is 0 Å². The molecule has 6 heteroatoms. The molecule has 0 unspecified atom stereocenters. The van der Waals surface area contributed by atoms with E-state index in [9.17, 15) is 9.59 Å². The summed E-state index contributed by atoms with van der Waals surface area (Å²) in [6, 6.07) is 12.3. The zero-order valence-electron chi connectivity index (χ0n) is 20.7. The van der Waals surface area contributed by atoms with Crippen molar-refractivity contribution in [2.45, 2.75) is 73.6 Å². The Labute approximate surface area is 197 Å². The van der Waals surface area contributed by atoms with Gasteiger partial charge in [0.2, 0.25) is 11.8 Å². The summed E-state index contributed by atoms with van der Waals surface area (Å²) in [4.78, 5) is 24.1. The lowest BCUT2D eigenvalue weighted by atomic mass is 10.0.